The largest absolute Gasteiger partial charge is 0.508 e. The lowest BCUT2D eigenvalue weighted by molar-refractivity contribution is -0.115. The molecule has 36 heavy (non-hydrogen) atoms. The Morgan fingerprint density at radius 2 is 1.75 bits per heavy atom. The molecule has 1 heterocycles. The normalized spacial score (nSPS) is 16.8. The summed E-state index contributed by atoms with van der Waals surface area (Å²) in [4.78, 5) is 24.9. The number of phenolic OH excluding ortho intramolecular Hbond substituents is 1. The number of amides is 1. The van der Waals surface area contributed by atoms with Gasteiger partial charge >= 0.3 is 5.97 Å². The van der Waals surface area contributed by atoms with Gasteiger partial charge in [-0.25, -0.2) is 4.79 Å². The fourth-order valence-electron chi connectivity index (χ4n) is 4.35. The molecular formula is C28H20BrNO6. The monoisotopic (exact) mass is 545 g/mol. The van der Waals surface area contributed by atoms with Gasteiger partial charge < -0.3 is 25.4 Å². The Morgan fingerprint density at radius 3 is 2.50 bits per heavy atom. The van der Waals surface area contributed by atoms with Gasteiger partial charge in [-0.15, -0.1) is 0 Å². The molecule has 0 fully saturated rings. The molecule has 3 aromatic rings. The van der Waals surface area contributed by atoms with E-state index >= 15 is 0 Å². The van der Waals surface area contributed by atoms with Crippen LogP contribution >= 0.6 is 15.9 Å². The number of aromatic hydroxyl groups is 1. The first kappa shape index (κ1) is 23.4. The number of aliphatic hydroxyl groups is 1. The van der Waals surface area contributed by atoms with Gasteiger partial charge in [-0.2, -0.15) is 0 Å². The number of aromatic carboxylic acids is 1. The number of carbonyl (C=O) groups excluding carboxylic acids is 1. The summed E-state index contributed by atoms with van der Waals surface area (Å²) < 4.78 is 6.01. The van der Waals surface area contributed by atoms with Gasteiger partial charge in [-0.05, 0) is 35.9 Å². The molecule has 1 aliphatic heterocycles. The number of anilines is 1. The number of nitrogens with one attached hydrogen (secondary N) is 1. The Balaban J connectivity index is 1.70. The van der Waals surface area contributed by atoms with Crippen LogP contribution in [0.1, 0.15) is 31.9 Å². The summed E-state index contributed by atoms with van der Waals surface area (Å²) in [5, 5.41) is 33.1. The number of carbonyl (C=O) groups is 2. The maximum absolute atomic E-state index is 13.2. The number of aliphatic hydroxyl groups excluding tert-OH is 1. The van der Waals surface area contributed by atoms with Gasteiger partial charge in [-0.1, -0.05) is 58.4 Å². The molecule has 0 bridgehead atoms. The molecule has 2 atom stereocenters. The quantitative estimate of drug-likeness (QED) is 0.304. The van der Waals surface area contributed by atoms with E-state index in [1.165, 1.54) is 30.4 Å². The number of alkyl halides is 1. The molecular weight excluding hydrogens is 526 g/mol. The highest BCUT2D eigenvalue weighted by atomic mass is 79.9. The molecule has 2 unspecified atom stereocenters. The van der Waals surface area contributed by atoms with Crippen molar-refractivity contribution in [2.75, 3.05) is 5.32 Å². The van der Waals surface area contributed by atoms with Gasteiger partial charge in [0.05, 0.1) is 5.56 Å². The molecule has 0 spiro atoms. The lowest BCUT2D eigenvalue weighted by atomic mass is 9.83. The number of ether oxygens (including phenoxy) is 1. The molecule has 0 saturated heterocycles. The molecule has 2 aliphatic rings. The lowest BCUT2D eigenvalue weighted by Gasteiger charge is -2.31. The van der Waals surface area contributed by atoms with Gasteiger partial charge in [0.1, 0.15) is 28.2 Å². The number of fused-ring (bicyclic) bond motifs is 2. The van der Waals surface area contributed by atoms with Crippen LogP contribution in [0.2, 0.25) is 0 Å². The Labute approximate surface area is 214 Å². The van der Waals surface area contributed by atoms with E-state index in [0.717, 1.165) is 5.56 Å². The van der Waals surface area contributed by atoms with Crippen LogP contribution in [-0.2, 0) is 4.79 Å². The van der Waals surface area contributed by atoms with E-state index < -0.39 is 16.9 Å². The third-order valence-corrected chi connectivity index (χ3v) is 6.91. The molecule has 0 saturated carbocycles. The van der Waals surface area contributed by atoms with Crippen molar-refractivity contribution in [2.24, 2.45) is 0 Å². The second kappa shape index (κ2) is 9.39. The number of rotatable bonds is 5. The third kappa shape index (κ3) is 4.27. The molecule has 4 N–H and O–H groups in total. The first-order valence-corrected chi connectivity index (χ1v) is 11.9. The summed E-state index contributed by atoms with van der Waals surface area (Å²) in [6.07, 6.45) is 3.92. The number of benzene rings is 3. The second-order valence-corrected chi connectivity index (χ2v) is 9.19. The van der Waals surface area contributed by atoms with Crippen molar-refractivity contribution in [3.8, 4) is 11.5 Å². The predicted molar refractivity (Wildman–Crippen MR) is 139 cm³/mol. The SMILES string of the molecule is O=C(O)c1cccc(NC(=O)C(Br)c2ccccc2)c1C1=C2C=CC(O)=CC2Oc2cc(O)ccc21. The van der Waals surface area contributed by atoms with E-state index in [9.17, 15) is 24.9 Å². The summed E-state index contributed by atoms with van der Waals surface area (Å²) in [6.45, 7) is 0. The molecule has 0 radical (unpaired) electrons. The van der Waals surface area contributed by atoms with Crippen LogP contribution in [0.25, 0.3) is 5.57 Å². The predicted octanol–water partition coefficient (Wildman–Crippen LogP) is 5.74. The van der Waals surface area contributed by atoms with E-state index in [1.54, 1.807) is 24.3 Å². The molecule has 3 aromatic carbocycles. The zero-order chi connectivity index (χ0) is 25.4. The molecule has 0 aromatic heterocycles. The van der Waals surface area contributed by atoms with E-state index in [2.05, 4.69) is 21.2 Å². The smallest absolute Gasteiger partial charge is 0.336 e. The van der Waals surface area contributed by atoms with Crippen molar-refractivity contribution < 1.29 is 29.6 Å². The van der Waals surface area contributed by atoms with Gasteiger partial charge in [0.25, 0.3) is 0 Å². The van der Waals surface area contributed by atoms with Gasteiger partial charge in [0, 0.05) is 40.1 Å². The molecule has 1 amide bonds. The second-order valence-electron chi connectivity index (χ2n) is 8.27. The Kier molecular flexibility index (Phi) is 6.12. The van der Waals surface area contributed by atoms with E-state index in [4.69, 9.17) is 4.74 Å². The molecule has 7 nitrogen and oxygen atoms in total. The highest BCUT2D eigenvalue weighted by molar-refractivity contribution is 9.09. The highest BCUT2D eigenvalue weighted by Gasteiger charge is 2.33. The number of allylic oxidation sites excluding steroid dienone is 1. The van der Waals surface area contributed by atoms with E-state index in [-0.39, 0.29) is 23.0 Å². The summed E-state index contributed by atoms with van der Waals surface area (Å²) in [5.41, 5.74) is 2.98. The maximum Gasteiger partial charge on any atom is 0.336 e. The van der Waals surface area contributed by atoms with Crippen molar-refractivity contribution in [1.82, 2.24) is 0 Å². The van der Waals surface area contributed by atoms with E-state index in [1.807, 2.05) is 30.3 Å². The number of hydrogen-bond acceptors (Lipinski definition) is 5. The Morgan fingerprint density at radius 1 is 0.972 bits per heavy atom. The fourth-order valence-corrected chi connectivity index (χ4v) is 4.77. The average Bonchev–Trinajstić information content (AvgIpc) is 2.87. The van der Waals surface area contributed by atoms with Crippen molar-refractivity contribution in [2.45, 2.75) is 10.9 Å². The molecule has 180 valence electrons. The zero-order valence-corrected chi connectivity index (χ0v) is 20.3. The molecule has 1 aliphatic carbocycles. The molecule has 5 rings (SSSR count). The van der Waals surface area contributed by atoms with Gasteiger partial charge in [0.2, 0.25) is 5.91 Å². The minimum Gasteiger partial charge on any atom is -0.508 e. The van der Waals surface area contributed by atoms with Gasteiger partial charge in [0.15, 0.2) is 0 Å². The van der Waals surface area contributed by atoms with Crippen LogP contribution in [0, 0.1) is 0 Å². The number of phenols is 1. The van der Waals surface area contributed by atoms with Crippen LogP contribution in [0.15, 0.2) is 96.3 Å². The first-order valence-electron chi connectivity index (χ1n) is 11.0. The summed E-state index contributed by atoms with van der Waals surface area (Å²) >= 11 is 3.44. The van der Waals surface area contributed by atoms with Crippen LogP contribution in [-0.4, -0.2) is 33.3 Å². The minimum atomic E-state index is -1.17. The van der Waals surface area contributed by atoms with Crippen LogP contribution < -0.4 is 10.1 Å². The lowest BCUT2D eigenvalue weighted by Crippen LogP contribution is -2.26. The number of carboxylic acids is 1. The average molecular weight is 546 g/mol. The maximum atomic E-state index is 13.2. The summed E-state index contributed by atoms with van der Waals surface area (Å²) in [7, 11) is 0. The number of carboxylic acid groups (broad SMARTS) is 1. The molecule has 8 heteroatoms. The Bertz CT molecular complexity index is 1470. The van der Waals surface area contributed by atoms with Gasteiger partial charge in [-0.3, -0.25) is 4.79 Å². The van der Waals surface area contributed by atoms with Crippen molar-refractivity contribution in [3.05, 3.63) is 119 Å². The topological polar surface area (TPSA) is 116 Å². The van der Waals surface area contributed by atoms with Crippen LogP contribution in [0.4, 0.5) is 5.69 Å². The Hall–Kier alpha value is -4.30. The van der Waals surface area contributed by atoms with Crippen LogP contribution in [0.3, 0.4) is 0 Å². The number of halogens is 1. The van der Waals surface area contributed by atoms with E-state index in [0.29, 0.717) is 33.7 Å². The third-order valence-electron chi connectivity index (χ3n) is 5.96. The summed E-state index contributed by atoms with van der Waals surface area (Å²) in [5.74, 6) is -1.26. The van der Waals surface area contributed by atoms with Crippen molar-refractivity contribution in [3.63, 3.8) is 0 Å². The van der Waals surface area contributed by atoms with Crippen LogP contribution in [0.5, 0.6) is 11.5 Å². The summed E-state index contributed by atoms with van der Waals surface area (Å²) in [6, 6.07) is 18.4. The number of hydrogen-bond donors (Lipinski definition) is 4. The minimum absolute atomic E-state index is 0.00302. The zero-order valence-electron chi connectivity index (χ0n) is 18.7. The standard InChI is InChI=1S/C28H20BrNO6/c29-26(15-5-2-1-3-6-15)27(33)30-21-8-4-7-20(28(34)35)25(21)24-18-11-9-16(31)13-22(18)36-23-14-17(32)10-12-19(23)24/h1-14,22,26,31-32H,(H,30,33)(H,34,35). The fraction of sp³-hybridized carbons (Fsp3) is 0.0714. The van der Waals surface area contributed by atoms with Crippen molar-refractivity contribution >= 4 is 39.1 Å². The first-order chi connectivity index (χ1) is 17.3. The highest BCUT2D eigenvalue weighted by Crippen LogP contribution is 2.46. The van der Waals surface area contributed by atoms with Crippen molar-refractivity contribution in [1.29, 1.82) is 0 Å².